The molecule has 1 aromatic carbocycles. The first-order valence-electron chi connectivity index (χ1n) is 8.22. The third kappa shape index (κ3) is 3.75. The number of amides is 2. The van der Waals surface area contributed by atoms with Gasteiger partial charge in [-0.2, -0.15) is 0 Å². The van der Waals surface area contributed by atoms with Gasteiger partial charge < -0.3 is 10.6 Å². The molecule has 3 rings (SSSR count). The number of hydrogen-bond donors (Lipinski definition) is 2. The molecular formula is C17H23FN2OS. The molecule has 0 saturated heterocycles. The van der Waals surface area contributed by atoms with Crippen LogP contribution in [-0.2, 0) is 0 Å². The Morgan fingerprint density at radius 1 is 1.09 bits per heavy atom. The Balaban J connectivity index is 1.61. The number of benzene rings is 1. The summed E-state index contributed by atoms with van der Waals surface area (Å²) in [5.74, 6) is 0.653. The number of carbonyl (C=O) groups is 1. The summed E-state index contributed by atoms with van der Waals surface area (Å²) in [4.78, 5) is 13.0. The summed E-state index contributed by atoms with van der Waals surface area (Å²) >= 11 is 1.54. The Kier molecular flexibility index (Phi) is 5.24. The van der Waals surface area contributed by atoms with Crippen LogP contribution in [0.5, 0.6) is 0 Å². The molecule has 1 saturated carbocycles. The minimum atomic E-state index is -0.182. The number of nitrogens with one attached hydrogen (secondary N) is 2. The first kappa shape index (κ1) is 15.7. The summed E-state index contributed by atoms with van der Waals surface area (Å²) in [5.41, 5.74) is 0.910. The molecule has 0 spiro atoms. The van der Waals surface area contributed by atoms with Gasteiger partial charge in [0.2, 0.25) is 0 Å². The fourth-order valence-electron chi connectivity index (χ4n) is 3.35. The lowest BCUT2D eigenvalue weighted by Crippen LogP contribution is -2.44. The van der Waals surface area contributed by atoms with Crippen molar-refractivity contribution in [3.63, 3.8) is 0 Å². The Hall–Kier alpha value is -1.23. The van der Waals surface area contributed by atoms with Crippen LogP contribution >= 0.6 is 11.8 Å². The Bertz CT molecular complexity index is 529. The zero-order valence-electron chi connectivity index (χ0n) is 12.7. The van der Waals surface area contributed by atoms with Crippen LogP contribution in [0.4, 0.5) is 9.18 Å². The Morgan fingerprint density at radius 2 is 1.86 bits per heavy atom. The minimum Gasteiger partial charge on any atom is -0.335 e. The molecule has 120 valence electrons. The molecule has 1 aliphatic carbocycles. The highest BCUT2D eigenvalue weighted by molar-refractivity contribution is 7.99. The number of thioether (sulfide) groups is 1. The van der Waals surface area contributed by atoms with E-state index in [0.717, 1.165) is 30.6 Å². The smallest absolute Gasteiger partial charge is 0.315 e. The standard InChI is InChI=1S/C17H23FN2OS/c18-14-9-5-8-13-15(10-11-22-16(13)14)20-17(21)19-12-6-3-1-2-4-7-12/h5,8-9,12,15H,1-4,6-7,10-11H2,(H2,19,20,21). The van der Waals surface area contributed by atoms with Crippen LogP contribution in [-0.4, -0.2) is 17.8 Å². The van der Waals surface area contributed by atoms with E-state index in [1.54, 1.807) is 6.07 Å². The second-order valence-electron chi connectivity index (χ2n) is 6.15. The van der Waals surface area contributed by atoms with Gasteiger partial charge in [0.15, 0.2) is 0 Å². The quantitative estimate of drug-likeness (QED) is 0.793. The van der Waals surface area contributed by atoms with Gasteiger partial charge in [0.25, 0.3) is 0 Å². The predicted molar refractivity (Wildman–Crippen MR) is 87.6 cm³/mol. The van der Waals surface area contributed by atoms with Crippen LogP contribution in [0.3, 0.4) is 0 Å². The summed E-state index contributed by atoms with van der Waals surface area (Å²) in [7, 11) is 0. The van der Waals surface area contributed by atoms with E-state index in [4.69, 9.17) is 0 Å². The zero-order chi connectivity index (χ0) is 15.4. The topological polar surface area (TPSA) is 41.1 Å². The van der Waals surface area contributed by atoms with E-state index in [9.17, 15) is 9.18 Å². The van der Waals surface area contributed by atoms with E-state index in [1.807, 2.05) is 6.07 Å². The van der Waals surface area contributed by atoms with E-state index in [0.29, 0.717) is 4.90 Å². The first-order valence-corrected chi connectivity index (χ1v) is 9.21. The fourth-order valence-corrected chi connectivity index (χ4v) is 4.49. The molecule has 0 aromatic heterocycles. The maximum Gasteiger partial charge on any atom is 0.315 e. The molecule has 1 atom stereocenters. The molecule has 2 aliphatic rings. The highest BCUT2D eigenvalue weighted by atomic mass is 32.2. The number of rotatable bonds is 2. The van der Waals surface area contributed by atoms with Crippen molar-refractivity contribution in [2.45, 2.75) is 61.9 Å². The van der Waals surface area contributed by atoms with Crippen LogP contribution in [0.2, 0.25) is 0 Å². The first-order chi connectivity index (χ1) is 10.7. The van der Waals surface area contributed by atoms with E-state index >= 15 is 0 Å². The normalized spacial score (nSPS) is 22.5. The Morgan fingerprint density at radius 3 is 2.64 bits per heavy atom. The summed E-state index contributed by atoms with van der Waals surface area (Å²) in [5, 5.41) is 6.14. The van der Waals surface area contributed by atoms with Gasteiger partial charge in [0.1, 0.15) is 5.82 Å². The minimum absolute atomic E-state index is 0.0854. The second kappa shape index (κ2) is 7.36. The Labute approximate surface area is 135 Å². The van der Waals surface area contributed by atoms with E-state index < -0.39 is 0 Å². The number of carbonyl (C=O) groups excluding carboxylic acids is 1. The van der Waals surface area contributed by atoms with Crippen molar-refractivity contribution in [2.75, 3.05) is 5.75 Å². The van der Waals surface area contributed by atoms with Crippen molar-refractivity contribution in [2.24, 2.45) is 0 Å². The van der Waals surface area contributed by atoms with Crippen LogP contribution in [0, 0.1) is 5.82 Å². The SMILES string of the molecule is O=C(NC1CCCCCC1)NC1CCSc2c(F)cccc21. The molecule has 22 heavy (non-hydrogen) atoms. The van der Waals surface area contributed by atoms with E-state index in [-0.39, 0.29) is 23.9 Å². The second-order valence-corrected chi connectivity index (χ2v) is 7.26. The van der Waals surface area contributed by atoms with Crippen LogP contribution in [0.15, 0.2) is 23.1 Å². The highest BCUT2D eigenvalue weighted by Crippen LogP contribution is 2.37. The van der Waals surface area contributed by atoms with Crippen LogP contribution < -0.4 is 10.6 Å². The predicted octanol–water partition coefficient (Wildman–Crippen LogP) is 4.38. The largest absolute Gasteiger partial charge is 0.335 e. The van der Waals surface area contributed by atoms with Gasteiger partial charge in [-0.25, -0.2) is 9.18 Å². The summed E-state index contributed by atoms with van der Waals surface area (Å²) in [6.07, 6.45) is 7.91. The molecule has 1 heterocycles. The van der Waals surface area contributed by atoms with E-state index in [1.165, 1.54) is 43.5 Å². The molecule has 1 aromatic rings. The number of halogens is 1. The van der Waals surface area contributed by atoms with Crippen LogP contribution in [0.1, 0.15) is 56.6 Å². The molecule has 0 radical (unpaired) electrons. The third-order valence-electron chi connectivity index (χ3n) is 4.52. The summed E-state index contributed by atoms with van der Waals surface area (Å²) < 4.78 is 13.9. The lowest BCUT2D eigenvalue weighted by atomic mass is 10.0. The average Bonchev–Trinajstić information content (AvgIpc) is 2.77. The van der Waals surface area contributed by atoms with Gasteiger partial charge >= 0.3 is 6.03 Å². The van der Waals surface area contributed by atoms with Crippen LogP contribution in [0.25, 0.3) is 0 Å². The van der Waals surface area contributed by atoms with Crippen molar-refractivity contribution >= 4 is 17.8 Å². The zero-order valence-corrected chi connectivity index (χ0v) is 13.6. The summed E-state index contributed by atoms with van der Waals surface area (Å²) in [6, 6.07) is 5.21. The van der Waals surface area contributed by atoms with Gasteiger partial charge in [-0.3, -0.25) is 0 Å². The highest BCUT2D eigenvalue weighted by Gasteiger charge is 2.25. The van der Waals surface area contributed by atoms with Gasteiger partial charge in [-0.15, -0.1) is 11.8 Å². The average molecular weight is 322 g/mol. The maximum atomic E-state index is 13.9. The molecule has 0 bridgehead atoms. The van der Waals surface area contributed by atoms with Crippen molar-refractivity contribution in [3.05, 3.63) is 29.6 Å². The fraction of sp³-hybridized carbons (Fsp3) is 0.588. The molecule has 2 N–H and O–H groups in total. The molecular weight excluding hydrogens is 299 g/mol. The van der Waals surface area contributed by atoms with Crippen molar-refractivity contribution in [1.29, 1.82) is 0 Å². The molecule has 2 amide bonds. The summed E-state index contributed by atoms with van der Waals surface area (Å²) in [6.45, 7) is 0. The molecule has 1 unspecified atom stereocenters. The van der Waals surface area contributed by atoms with Crippen molar-refractivity contribution < 1.29 is 9.18 Å². The molecule has 3 nitrogen and oxygen atoms in total. The number of urea groups is 1. The number of hydrogen-bond acceptors (Lipinski definition) is 2. The lowest BCUT2D eigenvalue weighted by Gasteiger charge is -2.27. The van der Waals surface area contributed by atoms with Crippen molar-refractivity contribution in [1.82, 2.24) is 10.6 Å². The molecule has 1 fully saturated rings. The van der Waals surface area contributed by atoms with Gasteiger partial charge in [0, 0.05) is 16.7 Å². The van der Waals surface area contributed by atoms with Crippen molar-refractivity contribution in [3.8, 4) is 0 Å². The maximum absolute atomic E-state index is 13.9. The molecule has 1 aliphatic heterocycles. The van der Waals surface area contributed by atoms with Gasteiger partial charge in [-0.1, -0.05) is 37.8 Å². The van der Waals surface area contributed by atoms with Gasteiger partial charge in [-0.05, 0) is 30.9 Å². The third-order valence-corrected chi connectivity index (χ3v) is 5.68. The monoisotopic (exact) mass is 322 g/mol. The molecule has 5 heteroatoms. The van der Waals surface area contributed by atoms with E-state index in [2.05, 4.69) is 10.6 Å². The number of fused-ring (bicyclic) bond motifs is 1. The van der Waals surface area contributed by atoms with Gasteiger partial charge in [0.05, 0.1) is 6.04 Å². The lowest BCUT2D eigenvalue weighted by molar-refractivity contribution is 0.231.